The second-order valence-electron chi connectivity index (χ2n) is 5.14. The number of ether oxygens (including phenoxy) is 1. The number of esters is 1. The van der Waals surface area contributed by atoms with Crippen LogP contribution in [0.3, 0.4) is 0 Å². The third-order valence-corrected chi connectivity index (χ3v) is 5.25. The van der Waals surface area contributed by atoms with Crippen molar-refractivity contribution in [3.8, 4) is 0 Å². The maximum atomic E-state index is 12.3. The van der Waals surface area contributed by atoms with Crippen molar-refractivity contribution in [1.29, 1.82) is 0 Å². The van der Waals surface area contributed by atoms with Gasteiger partial charge in [0.1, 0.15) is 0 Å². The summed E-state index contributed by atoms with van der Waals surface area (Å²) < 4.78 is 5.53. The summed E-state index contributed by atoms with van der Waals surface area (Å²) in [6.07, 6.45) is 0.0964. The summed E-state index contributed by atoms with van der Waals surface area (Å²) in [7, 11) is 0. The van der Waals surface area contributed by atoms with E-state index in [9.17, 15) is 19.7 Å². The van der Waals surface area contributed by atoms with E-state index in [4.69, 9.17) is 4.74 Å². The molecule has 8 nitrogen and oxygen atoms in total. The molecule has 0 aliphatic rings. The Labute approximate surface area is 158 Å². The highest BCUT2D eigenvalue weighted by Crippen LogP contribution is 2.28. The molecule has 1 heterocycles. The second kappa shape index (κ2) is 9.30. The van der Waals surface area contributed by atoms with Crippen molar-refractivity contribution in [3.05, 3.63) is 45.5 Å². The maximum absolute atomic E-state index is 12.3. The minimum Gasteiger partial charge on any atom is -0.466 e. The van der Waals surface area contributed by atoms with Gasteiger partial charge in [-0.1, -0.05) is 17.8 Å². The van der Waals surface area contributed by atoms with Crippen molar-refractivity contribution >= 4 is 46.3 Å². The van der Waals surface area contributed by atoms with E-state index in [0.29, 0.717) is 22.3 Å². The number of nitrogens with zero attached hydrogens (tertiary/aromatic N) is 2. The topological polar surface area (TPSA) is 111 Å². The Morgan fingerprint density at radius 2 is 2.23 bits per heavy atom. The number of aromatic nitrogens is 1. The maximum Gasteiger partial charge on any atom is 0.311 e. The van der Waals surface area contributed by atoms with Gasteiger partial charge < -0.3 is 10.1 Å². The van der Waals surface area contributed by atoms with Gasteiger partial charge in [-0.25, -0.2) is 4.98 Å². The van der Waals surface area contributed by atoms with E-state index in [0.717, 1.165) is 0 Å². The van der Waals surface area contributed by atoms with Crippen molar-refractivity contribution < 1.29 is 19.2 Å². The number of rotatable bonds is 8. The zero-order chi connectivity index (χ0) is 19.1. The summed E-state index contributed by atoms with van der Waals surface area (Å²) in [4.78, 5) is 38.3. The molecule has 0 saturated heterocycles. The number of nitro benzene ring substituents is 1. The number of non-ortho nitro benzene ring substituents is 1. The number of amides is 1. The van der Waals surface area contributed by atoms with Gasteiger partial charge >= 0.3 is 5.97 Å². The monoisotopic (exact) mass is 395 g/mol. The highest BCUT2D eigenvalue weighted by molar-refractivity contribution is 8.02. The van der Waals surface area contributed by atoms with Crippen LogP contribution < -0.4 is 5.32 Å². The molecule has 1 amide bonds. The van der Waals surface area contributed by atoms with Crippen LogP contribution >= 0.6 is 23.1 Å². The number of hydrogen-bond donors (Lipinski definition) is 1. The molecule has 0 spiro atoms. The van der Waals surface area contributed by atoms with E-state index < -0.39 is 10.2 Å². The van der Waals surface area contributed by atoms with Crippen molar-refractivity contribution in [1.82, 2.24) is 4.98 Å². The SMILES string of the molecule is CCOC(=O)Cc1csc(SC(C)C(=O)Nc2cccc([N+](=O)[O-])c2)n1. The van der Waals surface area contributed by atoms with E-state index >= 15 is 0 Å². The van der Waals surface area contributed by atoms with Gasteiger partial charge in [0, 0.05) is 23.2 Å². The number of anilines is 1. The van der Waals surface area contributed by atoms with Crippen molar-refractivity contribution in [3.63, 3.8) is 0 Å². The number of nitro groups is 1. The van der Waals surface area contributed by atoms with E-state index in [-0.39, 0.29) is 24.0 Å². The van der Waals surface area contributed by atoms with Crippen LogP contribution in [0.4, 0.5) is 11.4 Å². The van der Waals surface area contributed by atoms with Crippen LogP contribution in [0.5, 0.6) is 0 Å². The molecule has 0 aliphatic heterocycles. The van der Waals surface area contributed by atoms with E-state index in [1.807, 2.05) is 0 Å². The zero-order valence-corrected chi connectivity index (χ0v) is 15.8. The standard InChI is InChI=1S/C16H17N3O5S2/c1-3-24-14(20)8-12-9-25-16(18-12)26-10(2)15(21)17-11-5-4-6-13(7-11)19(22)23/h4-7,9-10H,3,8H2,1-2H3,(H,17,21). The van der Waals surface area contributed by atoms with Crippen LogP contribution in [-0.4, -0.2) is 33.6 Å². The number of thioether (sulfide) groups is 1. The highest BCUT2D eigenvalue weighted by atomic mass is 32.2. The van der Waals surface area contributed by atoms with Crippen molar-refractivity contribution in [2.45, 2.75) is 29.9 Å². The molecule has 2 rings (SSSR count). The first-order chi connectivity index (χ1) is 12.4. The Hall–Kier alpha value is -2.46. The molecular formula is C16H17N3O5S2. The van der Waals surface area contributed by atoms with Crippen molar-refractivity contribution in [2.75, 3.05) is 11.9 Å². The first kappa shape index (κ1) is 19.9. The Morgan fingerprint density at radius 1 is 1.46 bits per heavy atom. The molecular weight excluding hydrogens is 378 g/mol. The van der Waals surface area contributed by atoms with Gasteiger partial charge in [-0.15, -0.1) is 11.3 Å². The molecule has 1 aromatic heterocycles. The van der Waals surface area contributed by atoms with Crippen LogP contribution in [0.2, 0.25) is 0 Å². The Kier molecular flexibility index (Phi) is 7.10. The number of carbonyl (C=O) groups is 2. The van der Waals surface area contributed by atoms with Gasteiger partial charge in [0.25, 0.3) is 5.69 Å². The van der Waals surface area contributed by atoms with Gasteiger partial charge in [0.05, 0.1) is 28.9 Å². The first-order valence-corrected chi connectivity index (χ1v) is 9.47. The lowest BCUT2D eigenvalue weighted by atomic mass is 10.2. The lowest BCUT2D eigenvalue weighted by Crippen LogP contribution is -2.22. The van der Waals surface area contributed by atoms with E-state index in [2.05, 4.69) is 10.3 Å². The second-order valence-corrected chi connectivity index (χ2v) is 7.59. The third kappa shape index (κ3) is 5.81. The molecule has 0 saturated carbocycles. The van der Waals surface area contributed by atoms with Crippen molar-refractivity contribution in [2.24, 2.45) is 0 Å². The summed E-state index contributed by atoms with van der Waals surface area (Å²) in [5.41, 5.74) is 0.868. The van der Waals surface area contributed by atoms with Crippen LogP contribution in [0.1, 0.15) is 19.5 Å². The molecule has 0 radical (unpaired) electrons. The molecule has 1 aromatic carbocycles. The third-order valence-electron chi connectivity index (χ3n) is 3.13. The number of nitrogens with one attached hydrogen (secondary N) is 1. The molecule has 1 atom stereocenters. The van der Waals surface area contributed by atoms with Gasteiger partial charge in [-0.2, -0.15) is 0 Å². The Morgan fingerprint density at radius 3 is 2.92 bits per heavy atom. The molecule has 26 heavy (non-hydrogen) atoms. The number of benzene rings is 1. The van der Waals surface area contributed by atoms with Crippen LogP contribution in [0.25, 0.3) is 0 Å². The lowest BCUT2D eigenvalue weighted by Gasteiger charge is -2.10. The number of carbonyl (C=O) groups excluding carboxylic acids is 2. The molecule has 0 aliphatic carbocycles. The van der Waals surface area contributed by atoms with Crippen LogP contribution in [0.15, 0.2) is 34.0 Å². The van der Waals surface area contributed by atoms with Gasteiger partial charge in [-0.3, -0.25) is 19.7 Å². The number of thiazole rings is 1. The van der Waals surface area contributed by atoms with Gasteiger partial charge in [0.2, 0.25) is 5.91 Å². The molecule has 1 unspecified atom stereocenters. The van der Waals surface area contributed by atoms with E-state index in [1.165, 1.54) is 41.3 Å². The molecule has 0 fully saturated rings. The van der Waals surface area contributed by atoms with Crippen LogP contribution in [-0.2, 0) is 20.7 Å². The lowest BCUT2D eigenvalue weighted by molar-refractivity contribution is -0.384. The quantitative estimate of drug-likeness (QED) is 0.316. The molecule has 0 bridgehead atoms. The smallest absolute Gasteiger partial charge is 0.311 e. The fourth-order valence-corrected chi connectivity index (χ4v) is 3.91. The molecule has 138 valence electrons. The minimum atomic E-state index is -0.519. The summed E-state index contributed by atoms with van der Waals surface area (Å²) in [5.74, 6) is -0.636. The van der Waals surface area contributed by atoms with Crippen LogP contribution in [0, 0.1) is 10.1 Å². The Bertz CT molecular complexity index is 809. The number of hydrogen-bond acceptors (Lipinski definition) is 8. The van der Waals surface area contributed by atoms with Gasteiger partial charge in [-0.05, 0) is 19.9 Å². The summed E-state index contributed by atoms with van der Waals surface area (Å²) in [6, 6.07) is 5.75. The highest BCUT2D eigenvalue weighted by Gasteiger charge is 2.18. The normalized spacial score (nSPS) is 11.6. The summed E-state index contributed by atoms with van der Waals surface area (Å²) in [6.45, 7) is 3.77. The fraction of sp³-hybridized carbons (Fsp3) is 0.312. The predicted molar refractivity (Wildman–Crippen MR) is 99.5 cm³/mol. The molecule has 1 N–H and O–H groups in total. The average molecular weight is 395 g/mol. The fourth-order valence-electron chi connectivity index (χ4n) is 1.93. The molecule has 10 heteroatoms. The summed E-state index contributed by atoms with van der Waals surface area (Å²) in [5, 5.41) is 14.7. The Balaban J connectivity index is 1.93. The minimum absolute atomic E-state index is 0.0911. The van der Waals surface area contributed by atoms with Gasteiger partial charge in [0.15, 0.2) is 4.34 Å². The first-order valence-electron chi connectivity index (χ1n) is 7.71. The zero-order valence-electron chi connectivity index (χ0n) is 14.1. The predicted octanol–water partition coefficient (Wildman–Crippen LogP) is 3.28. The van der Waals surface area contributed by atoms with E-state index in [1.54, 1.807) is 25.3 Å². The molecule has 2 aromatic rings. The average Bonchev–Trinajstić information content (AvgIpc) is 3.02. The summed E-state index contributed by atoms with van der Waals surface area (Å²) >= 11 is 2.59. The largest absolute Gasteiger partial charge is 0.466 e.